The number of aromatic nitrogens is 3. The van der Waals surface area contributed by atoms with Gasteiger partial charge in [0.1, 0.15) is 11.8 Å². The summed E-state index contributed by atoms with van der Waals surface area (Å²) in [5.41, 5.74) is -1.67. The molecule has 1 aliphatic heterocycles. The number of anilines is 2. The van der Waals surface area contributed by atoms with Crippen LogP contribution in [0.1, 0.15) is 28.9 Å². The Morgan fingerprint density at radius 1 is 1.16 bits per heavy atom. The lowest BCUT2D eigenvalue weighted by molar-refractivity contribution is -0.137. The van der Waals surface area contributed by atoms with Gasteiger partial charge in [-0.3, -0.25) is 9.59 Å². The molecule has 1 aromatic carbocycles. The highest BCUT2D eigenvalue weighted by Gasteiger charge is 2.35. The molecule has 3 heterocycles. The average Bonchev–Trinajstić information content (AvgIpc) is 3.47. The molecule has 1 atom stereocenters. The van der Waals surface area contributed by atoms with Crippen molar-refractivity contribution in [2.45, 2.75) is 25.1 Å². The fraction of sp³-hybridized carbons (Fsp3) is 0.250. The minimum absolute atomic E-state index is 0.0482. The topological polar surface area (TPSA) is 106 Å². The Morgan fingerprint density at radius 3 is 2.62 bits per heavy atom. The van der Waals surface area contributed by atoms with Crippen molar-refractivity contribution in [3.8, 4) is 10.8 Å². The first kappa shape index (κ1) is 21.8. The van der Waals surface area contributed by atoms with Gasteiger partial charge in [0.05, 0.1) is 11.3 Å². The zero-order valence-corrected chi connectivity index (χ0v) is 17.2. The molecule has 2 N–H and O–H groups in total. The molecular formula is C20H16F3N5O3S. The predicted octanol–water partition coefficient (Wildman–Crippen LogP) is 3.99. The number of thiazole rings is 1. The summed E-state index contributed by atoms with van der Waals surface area (Å²) in [5.74, 6) is -1.02. The summed E-state index contributed by atoms with van der Waals surface area (Å²) in [7, 11) is 0. The Balaban J connectivity index is 1.53. The molecule has 0 bridgehead atoms. The maximum Gasteiger partial charge on any atom is 0.418 e. The van der Waals surface area contributed by atoms with Crippen LogP contribution in [0.4, 0.5) is 24.5 Å². The number of hydrogen-bond donors (Lipinski definition) is 2. The van der Waals surface area contributed by atoms with Crippen LogP contribution >= 0.6 is 11.3 Å². The van der Waals surface area contributed by atoms with Gasteiger partial charge in [-0.25, -0.2) is 15.0 Å². The van der Waals surface area contributed by atoms with E-state index in [0.29, 0.717) is 30.3 Å². The summed E-state index contributed by atoms with van der Waals surface area (Å²) >= 11 is 1.09. The third kappa shape index (κ3) is 4.92. The molecule has 4 rings (SSSR count). The lowest BCUT2D eigenvalue weighted by Crippen LogP contribution is -2.27. The first-order valence-electron chi connectivity index (χ1n) is 9.49. The maximum atomic E-state index is 13.6. The van der Waals surface area contributed by atoms with Crippen LogP contribution in [0.5, 0.6) is 0 Å². The van der Waals surface area contributed by atoms with Crippen molar-refractivity contribution >= 4 is 34.5 Å². The van der Waals surface area contributed by atoms with Crippen molar-refractivity contribution in [3.63, 3.8) is 0 Å². The first-order chi connectivity index (χ1) is 15.3. The van der Waals surface area contributed by atoms with Crippen LogP contribution in [-0.2, 0) is 15.7 Å². The van der Waals surface area contributed by atoms with E-state index in [1.54, 1.807) is 6.07 Å². The summed E-state index contributed by atoms with van der Waals surface area (Å²) in [4.78, 5) is 36.8. The van der Waals surface area contributed by atoms with E-state index in [1.807, 2.05) is 0 Å². The van der Waals surface area contributed by atoms with Gasteiger partial charge in [-0.2, -0.15) is 13.2 Å². The van der Waals surface area contributed by atoms with Gasteiger partial charge < -0.3 is 15.4 Å². The van der Waals surface area contributed by atoms with Crippen LogP contribution in [0.2, 0.25) is 0 Å². The van der Waals surface area contributed by atoms with Crippen LogP contribution in [0.25, 0.3) is 10.8 Å². The van der Waals surface area contributed by atoms with E-state index in [1.165, 1.54) is 23.8 Å². The monoisotopic (exact) mass is 463 g/mol. The largest absolute Gasteiger partial charge is 0.418 e. The van der Waals surface area contributed by atoms with Gasteiger partial charge in [0, 0.05) is 30.1 Å². The molecule has 12 heteroatoms. The number of benzene rings is 1. The highest BCUT2D eigenvalue weighted by molar-refractivity contribution is 7.13. The fourth-order valence-electron chi connectivity index (χ4n) is 3.05. The van der Waals surface area contributed by atoms with E-state index in [-0.39, 0.29) is 11.4 Å². The fourth-order valence-corrected chi connectivity index (χ4v) is 3.79. The minimum atomic E-state index is -4.77. The lowest BCUT2D eigenvalue weighted by Gasteiger charge is -2.16. The lowest BCUT2D eigenvalue weighted by atomic mass is 10.1. The summed E-state index contributed by atoms with van der Waals surface area (Å²) in [6, 6.07) is 4.75. The number of nitrogens with one attached hydrogen (secondary N) is 2. The van der Waals surface area contributed by atoms with Gasteiger partial charge in [-0.05, 0) is 37.1 Å². The van der Waals surface area contributed by atoms with Crippen LogP contribution in [0.15, 0.2) is 42.0 Å². The summed E-state index contributed by atoms with van der Waals surface area (Å²) in [6.45, 7) is 0.436. The van der Waals surface area contributed by atoms with Crippen molar-refractivity contribution in [3.05, 3.63) is 53.3 Å². The number of ether oxygens (including phenoxy) is 1. The van der Waals surface area contributed by atoms with E-state index in [2.05, 4.69) is 25.6 Å². The molecule has 1 unspecified atom stereocenters. The zero-order chi connectivity index (χ0) is 22.7. The molecule has 166 valence electrons. The third-order valence-electron chi connectivity index (χ3n) is 4.56. The Kier molecular flexibility index (Phi) is 6.15. The summed E-state index contributed by atoms with van der Waals surface area (Å²) < 4.78 is 46.1. The van der Waals surface area contributed by atoms with E-state index in [9.17, 15) is 22.8 Å². The molecule has 0 aliphatic carbocycles. The minimum Gasteiger partial charge on any atom is -0.368 e. The van der Waals surface area contributed by atoms with Crippen molar-refractivity contribution in [1.82, 2.24) is 15.0 Å². The summed E-state index contributed by atoms with van der Waals surface area (Å²) in [6.07, 6.45) is -1.20. The first-order valence-corrected chi connectivity index (χ1v) is 10.4. The number of alkyl halides is 3. The molecule has 8 nitrogen and oxygen atoms in total. The van der Waals surface area contributed by atoms with Crippen molar-refractivity contribution in [2.24, 2.45) is 0 Å². The standard InChI is InChI=1S/C20H16F3N5O3S/c21-20(22,23)12-9-11(26-18(30)15-3-1-8-31-15)4-5-13(12)27-17(29)14-10-32-19(28-14)16-24-6-2-7-25-16/h2,4-7,9-10,15H,1,3,8H2,(H,26,30)(H,27,29). The molecular weight excluding hydrogens is 447 g/mol. The smallest absolute Gasteiger partial charge is 0.368 e. The zero-order valence-electron chi connectivity index (χ0n) is 16.3. The van der Waals surface area contributed by atoms with Crippen molar-refractivity contribution in [2.75, 3.05) is 17.2 Å². The third-order valence-corrected chi connectivity index (χ3v) is 5.39. The molecule has 1 saturated heterocycles. The number of halogens is 3. The Morgan fingerprint density at radius 2 is 1.94 bits per heavy atom. The molecule has 0 radical (unpaired) electrons. The van der Waals surface area contributed by atoms with Gasteiger partial charge in [0.15, 0.2) is 10.8 Å². The second-order valence-electron chi connectivity index (χ2n) is 6.81. The molecule has 2 amide bonds. The normalized spacial score (nSPS) is 16.0. The number of carbonyl (C=O) groups is 2. The molecule has 3 aromatic rings. The van der Waals surface area contributed by atoms with Gasteiger partial charge in [-0.1, -0.05) is 0 Å². The van der Waals surface area contributed by atoms with E-state index < -0.39 is 35.3 Å². The highest BCUT2D eigenvalue weighted by atomic mass is 32.1. The molecule has 1 aliphatic rings. The van der Waals surface area contributed by atoms with Crippen molar-refractivity contribution < 1.29 is 27.5 Å². The van der Waals surface area contributed by atoms with E-state index in [4.69, 9.17) is 4.74 Å². The molecule has 32 heavy (non-hydrogen) atoms. The molecule has 0 spiro atoms. The van der Waals surface area contributed by atoms with Crippen LogP contribution < -0.4 is 10.6 Å². The number of carbonyl (C=O) groups excluding carboxylic acids is 2. The number of nitrogens with zero attached hydrogens (tertiary/aromatic N) is 3. The highest BCUT2D eigenvalue weighted by Crippen LogP contribution is 2.37. The van der Waals surface area contributed by atoms with Crippen molar-refractivity contribution in [1.29, 1.82) is 0 Å². The summed E-state index contributed by atoms with van der Waals surface area (Å²) in [5, 5.41) is 6.44. The Hall–Kier alpha value is -3.38. The second kappa shape index (κ2) is 9.01. The average molecular weight is 463 g/mol. The predicted molar refractivity (Wildman–Crippen MR) is 110 cm³/mol. The second-order valence-corrected chi connectivity index (χ2v) is 7.67. The van der Waals surface area contributed by atoms with Gasteiger partial charge in [-0.15, -0.1) is 11.3 Å². The van der Waals surface area contributed by atoms with Crippen LogP contribution in [-0.4, -0.2) is 39.5 Å². The SMILES string of the molecule is O=C(Nc1ccc(NC(=O)C2CCCO2)cc1C(F)(F)F)c1csc(-c2ncccn2)n1. The Bertz CT molecular complexity index is 1130. The van der Waals surface area contributed by atoms with E-state index in [0.717, 1.165) is 23.5 Å². The van der Waals surface area contributed by atoms with Crippen LogP contribution in [0, 0.1) is 0 Å². The van der Waals surface area contributed by atoms with Gasteiger partial charge in [0.2, 0.25) is 0 Å². The quantitative estimate of drug-likeness (QED) is 0.593. The Labute approximate surface area is 183 Å². The molecule has 0 saturated carbocycles. The number of amides is 2. The molecule has 2 aromatic heterocycles. The molecule has 1 fully saturated rings. The van der Waals surface area contributed by atoms with E-state index >= 15 is 0 Å². The number of hydrogen-bond acceptors (Lipinski definition) is 7. The van der Waals surface area contributed by atoms with Crippen LogP contribution in [0.3, 0.4) is 0 Å². The van der Waals surface area contributed by atoms with Gasteiger partial charge >= 0.3 is 6.18 Å². The number of rotatable bonds is 5. The van der Waals surface area contributed by atoms with Gasteiger partial charge in [0.25, 0.3) is 11.8 Å². The maximum absolute atomic E-state index is 13.6.